The summed E-state index contributed by atoms with van der Waals surface area (Å²) in [6, 6.07) is -3.44. The topological polar surface area (TPSA) is 606 Å². The van der Waals surface area contributed by atoms with Gasteiger partial charge < -0.3 is 157 Å². The van der Waals surface area contributed by atoms with E-state index in [1.54, 1.807) is 4.90 Å². The molecule has 18 atom stereocenters. The van der Waals surface area contributed by atoms with Gasteiger partial charge in [-0.2, -0.15) is 0 Å². The molecule has 0 saturated carbocycles. The van der Waals surface area contributed by atoms with Crippen molar-refractivity contribution in [3.8, 4) is 0 Å². The number of β-amino-alcohol motifs (C(OH)–C–C–N with tert-alkyl or cyclic N) is 1. The maximum absolute atomic E-state index is 14.1. The van der Waals surface area contributed by atoms with Crippen LogP contribution in [0.5, 0.6) is 0 Å². The van der Waals surface area contributed by atoms with E-state index < -0.39 is 141 Å². The van der Waals surface area contributed by atoms with Crippen molar-refractivity contribution in [3.05, 3.63) is 0 Å². The first-order valence-corrected chi connectivity index (χ1v) is 44.2. The van der Waals surface area contributed by atoms with Crippen molar-refractivity contribution < 1.29 is 151 Å². The number of unbranched alkanes of at least 4 members (excludes halogenated alkanes) is 10. The molecule has 16 unspecified atom stereocenters. The lowest BCUT2D eigenvalue weighted by Crippen LogP contribution is -2.64. The Morgan fingerprint density at radius 3 is 1.00 bits per heavy atom. The molecule has 0 aromatic carbocycles. The zero-order chi connectivity index (χ0) is 91.2. The van der Waals surface area contributed by atoms with Crippen molar-refractivity contribution in [3.63, 3.8) is 0 Å². The normalized spacial score (nSPS) is 25.1. The van der Waals surface area contributed by atoms with Gasteiger partial charge in [0.25, 0.3) is 0 Å². The van der Waals surface area contributed by atoms with Crippen LogP contribution in [0, 0.1) is 0 Å². The third-order valence-corrected chi connectivity index (χ3v) is 21.4. The number of carbonyl (C=O) groups is 11. The van der Waals surface area contributed by atoms with Crippen LogP contribution in [0.2, 0.25) is 0 Å². The number of likely N-dealkylation sites (tertiary alicyclic amines) is 1. The molecular formula is C82H147N11O31. The van der Waals surface area contributed by atoms with Gasteiger partial charge in [0, 0.05) is 138 Å². The molecule has 42 nitrogen and oxygen atoms in total. The van der Waals surface area contributed by atoms with Gasteiger partial charge in [-0.15, -0.1) is 0 Å². The summed E-state index contributed by atoms with van der Waals surface area (Å²) in [7, 11) is 0. The van der Waals surface area contributed by atoms with E-state index in [1.807, 2.05) is 13.8 Å². The minimum atomic E-state index is -1.47. The average molecular weight is 1780 g/mol. The van der Waals surface area contributed by atoms with Gasteiger partial charge in [-0.3, -0.25) is 52.7 Å². The van der Waals surface area contributed by atoms with E-state index in [0.717, 1.165) is 51.4 Å². The Kier molecular flexibility index (Phi) is 56.0. The summed E-state index contributed by atoms with van der Waals surface area (Å²) in [5.41, 5.74) is -1.43. The molecule has 4 heterocycles. The number of nitrogens with one attached hydrogen (secondary N) is 10. The minimum absolute atomic E-state index is 0.0204. The molecule has 4 fully saturated rings. The third-order valence-electron chi connectivity index (χ3n) is 21.4. The first-order valence-electron chi connectivity index (χ1n) is 44.2. The number of carbonyl (C=O) groups excluding carboxylic acids is 11. The van der Waals surface area contributed by atoms with E-state index >= 15 is 0 Å². The molecule has 4 aliphatic rings. The van der Waals surface area contributed by atoms with Crippen molar-refractivity contribution in [1.82, 2.24) is 58.1 Å². The SMILES string of the molecule is CCC(C)OC[C@@H]1C[C@@H](O)CN1C(=O)CCCCCCCCCCC(=O)NC(COCCC(=O)NCCCNC(=O)CCCCOC1OC(CO)C(O)C(O)C1NC(C)=O)(COCCC(=O)NCCCNC(=O)CCCCOC1OC(CO)C(O)C(O)C1NC(C)=O)COCCC(=O)NCCCNC(=O)CCCCOC1OC(CO)C(O)C(O)C1NC(C)=O. The van der Waals surface area contributed by atoms with Crippen LogP contribution in [0.4, 0.5) is 0 Å². The highest BCUT2D eigenvalue weighted by Gasteiger charge is 2.48. The zero-order valence-electron chi connectivity index (χ0n) is 73.1. The maximum Gasteiger partial charge on any atom is 0.222 e. The fourth-order valence-corrected chi connectivity index (χ4v) is 14.2. The first-order chi connectivity index (χ1) is 59.4. The summed E-state index contributed by atoms with van der Waals surface area (Å²) in [5.74, 6) is -3.72. The maximum atomic E-state index is 14.1. The highest BCUT2D eigenvalue weighted by atomic mass is 16.7. The van der Waals surface area contributed by atoms with Crippen molar-refractivity contribution in [2.75, 3.05) is 132 Å². The van der Waals surface area contributed by atoms with Crippen molar-refractivity contribution in [2.45, 2.75) is 324 Å². The average Bonchev–Trinajstić information content (AvgIpc) is 1.10. The Morgan fingerprint density at radius 1 is 0.387 bits per heavy atom. The third kappa shape index (κ3) is 44.4. The molecule has 11 amide bonds. The molecule has 20 N–H and O–H groups in total. The molecule has 0 bridgehead atoms. The van der Waals surface area contributed by atoms with Gasteiger partial charge in [-0.25, -0.2) is 0 Å². The van der Waals surface area contributed by atoms with Gasteiger partial charge in [-0.05, 0) is 90.4 Å². The summed E-state index contributed by atoms with van der Waals surface area (Å²) in [4.78, 5) is 142. The first kappa shape index (κ1) is 110. The number of hydrogen-bond acceptors (Lipinski definition) is 31. The molecule has 0 aromatic heterocycles. The van der Waals surface area contributed by atoms with Crippen LogP contribution in [0.15, 0.2) is 0 Å². The summed E-state index contributed by atoms with van der Waals surface area (Å²) < 4.78 is 58.2. The Hall–Kier alpha value is -6.63. The fraction of sp³-hybridized carbons (Fsp3) is 0.866. The lowest BCUT2D eigenvalue weighted by molar-refractivity contribution is -0.270. The summed E-state index contributed by atoms with van der Waals surface area (Å²) in [6.45, 7) is 7.02. The van der Waals surface area contributed by atoms with Gasteiger partial charge in [-0.1, -0.05) is 45.4 Å². The van der Waals surface area contributed by atoms with Crippen molar-refractivity contribution in [1.29, 1.82) is 0 Å². The molecule has 42 heteroatoms. The molecule has 124 heavy (non-hydrogen) atoms. The van der Waals surface area contributed by atoms with Gasteiger partial charge in [0.2, 0.25) is 65.0 Å². The number of nitrogens with zero attached hydrogens (tertiary/aromatic N) is 1. The molecule has 4 rings (SSSR count). The van der Waals surface area contributed by atoms with Crippen LogP contribution in [0.3, 0.4) is 0 Å². The molecule has 0 aliphatic carbocycles. The number of hydrogen-bond donors (Lipinski definition) is 20. The smallest absolute Gasteiger partial charge is 0.222 e. The van der Waals surface area contributed by atoms with Crippen LogP contribution < -0.4 is 53.2 Å². The number of amides is 11. The van der Waals surface area contributed by atoms with Crippen LogP contribution in [-0.2, 0) is 100 Å². The van der Waals surface area contributed by atoms with Crippen LogP contribution in [-0.4, -0.2) is 368 Å². The molecule has 4 aliphatic heterocycles. The van der Waals surface area contributed by atoms with E-state index in [1.165, 1.54) is 20.8 Å². The number of ether oxygens (including phenoxy) is 10. The highest BCUT2D eigenvalue weighted by molar-refractivity contribution is 5.79. The lowest BCUT2D eigenvalue weighted by Gasteiger charge is -2.42. The molecular weight excluding hydrogens is 1630 g/mol. The highest BCUT2D eigenvalue weighted by Crippen LogP contribution is 2.27. The Morgan fingerprint density at radius 2 is 0.685 bits per heavy atom. The van der Waals surface area contributed by atoms with Crippen LogP contribution in [0.1, 0.15) is 208 Å². The van der Waals surface area contributed by atoms with Crippen molar-refractivity contribution >= 4 is 65.0 Å². The lowest BCUT2D eigenvalue weighted by atomic mass is 9.97. The summed E-state index contributed by atoms with van der Waals surface area (Å²) >= 11 is 0. The predicted molar refractivity (Wildman–Crippen MR) is 443 cm³/mol. The second-order valence-electron chi connectivity index (χ2n) is 32.1. The second kappa shape index (κ2) is 63.3. The second-order valence-corrected chi connectivity index (χ2v) is 32.1. The fourth-order valence-electron chi connectivity index (χ4n) is 14.2. The number of aliphatic hydroxyl groups is 10. The van der Waals surface area contributed by atoms with Crippen LogP contribution >= 0.6 is 0 Å². The molecule has 4 saturated heterocycles. The Bertz CT molecular complexity index is 2840. The number of rotatable bonds is 67. The van der Waals surface area contributed by atoms with Gasteiger partial charge in [0.1, 0.15) is 78.6 Å². The molecule has 0 spiro atoms. The van der Waals surface area contributed by atoms with E-state index in [9.17, 15) is 104 Å². The molecule has 716 valence electrons. The Balaban J connectivity index is 1.31. The van der Waals surface area contributed by atoms with E-state index in [-0.39, 0.29) is 203 Å². The largest absolute Gasteiger partial charge is 0.394 e. The van der Waals surface area contributed by atoms with Gasteiger partial charge >= 0.3 is 0 Å². The van der Waals surface area contributed by atoms with Gasteiger partial charge in [0.05, 0.1) is 84.3 Å². The van der Waals surface area contributed by atoms with E-state index in [4.69, 9.17) is 47.4 Å². The number of aliphatic hydroxyl groups excluding tert-OH is 10. The summed E-state index contributed by atoms with van der Waals surface area (Å²) in [6.07, 6.45) is -4.31. The van der Waals surface area contributed by atoms with Crippen LogP contribution in [0.25, 0.3) is 0 Å². The van der Waals surface area contributed by atoms with E-state index in [0.29, 0.717) is 90.2 Å². The predicted octanol–water partition coefficient (Wildman–Crippen LogP) is -4.00. The molecule has 0 aromatic rings. The zero-order valence-corrected chi connectivity index (χ0v) is 73.1. The Labute approximate surface area is 726 Å². The van der Waals surface area contributed by atoms with Gasteiger partial charge in [0.15, 0.2) is 18.9 Å². The molecule has 0 radical (unpaired) electrons. The quantitative estimate of drug-likeness (QED) is 0.0258. The summed E-state index contributed by atoms with van der Waals surface area (Å²) in [5, 5.41) is 129. The van der Waals surface area contributed by atoms with E-state index in [2.05, 4.69) is 53.2 Å². The standard InChI is InChI=1S/C82H147N11O31/c1-6-53(2)121-49-57-44-58(100)45-93(57)69(108)28-14-12-10-8-7-9-11-13-27-68(107)92-82(50-115-41-29-65(104)86-35-21-32-83-62(101)24-15-18-38-118-79-70(89-54(3)97)76(112)73(109)59(46-94)122-79,51-116-42-30-66(105)87-36-22-33-84-63(102)25-16-19-39-119-80-71(90-55(4)98)77(113)74(110)60(47-95)123-80)52-117-43-31-67(106)88-37-23-34-85-64(103)26-17-20-40-120-81-72(91-56(5)99)78(114)75(111)61(48-96)124-81/h53,57-61,70-81,94-96,100,109-114H,6-52H2,1-5H3,(H,83,101)(H,84,102)(H,85,103)(H,86,104)(H,87,105)(H,88,106)(H,89,97)(H,90,98)(H,91,99)(H,92,107)/t53?,57-,58+,59?,60?,61?,70?,71?,72?,73?,74?,75?,76?,77?,78?,79?,80?,81?,82?/m0/s1. The van der Waals surface area contributed by atoms with Crippen molar-refractivity contribution in [2.24, 2.45) is 0 Å². The minimum Gasteiger partial charge on any atom is -0.394 e. The monoisotopic (exact) mass is 1780 g/mol.